The third-order valence-electron chi connectivity index (χ3n) is 4.04. The molecule has 0 spiro atoms. The van der Waals surface area contributed by atoms with Crippen LogP contribution in [-0.4, -0.2) is 50.8 Å². The van der Waals surface area contributed by atoms with Crippen LogP contribution >= 0.6 is 0 Å². The number of nitrogens with one attached hydrogen (secondary N) is 1. The van der Waals surface area contributed by atoms with Gasteiger partial charge in [0.1, 0.15) is 0 Å². The van der Waals surface area contributed by atoms with Crippen molar-refractivity contribution in [1.82, 2.24) is 10.2 Å². The fourth-order valence-electron chi connectivity index (χ4n) is 3.27. The highest BCUT2D eigenvalue weighted by Crippen LogP contribution is 2.31. The Morgan fingerprint density at radius 2 is 1.82 bits per heavy atom. The van der Waals surface area contributed by atoms with Gasteiger partial charge in [-0.3, -0.25) is 0 Å². The van der Waals surface area contributed by atoms with E-state index in [1.807, 2.05) is 0 Å². The van der Waals surface area contributed by atoms with Crippen LogP contribution in [0.1, 0.15) is 33.1 Å². The van der Waals surface area contributed by atoms with Crippen LogP contribution in [0, 0.1) is 11.3 Å². The maximum absolute atomic E-state index is 5.45. The van der Waals surface area contributed by atoms with Crippen LogP contribution in [0.3, 0.4) is 0 Å². The molecule has 2 aliphatic heterocycles. The van der Waals surface area contributed by atoms with Crippen molar-refractivity contribution >= 4 is 0 Å². The number of nitrogens with zero attached hydrogens (tertiary/aromatic N) is 1. The Bertz CT molecular complexity index is 196. The Balaban J connectivity index is 1.75. The maximum Gasteiger partial charge on any atom is 0.0468 e. The lowest BCUT2D eigenvalue weighted by Gasteiger charge is -2.38. The van der Waals surface area contributed by atoms with Gasteiger partial charge in [-0.1, -0.05) is 13.8 Å². The summed E-state index contributed by atoms with van der Waals surface area (Å²) in [4.78, 5) is 2.62. The van der Waals surface area contributed by atoms with Gasteiger partial charge in [-0.25, -0.2) is 0 Å². The zero-order chi connectivity index (χ0) is 12.1. The molecular weight excluding hydrogens is 212 g/mol. The van der Waals surface area contributed by atoms with Crippen LogP contribution in [0.2, 0.25) is 0 Å². The zero-order valence-electron chi connectivity index (χ0n) is 11.5. The molecule has 2 heterocycles. The summed E-state index contributed by atoms with van der Waals surface area (Å²) < 4.78 is 5.45. The van der Waals surface area contributed by atoms with Crippen molar-refractivity contribution in [3.63, 3.8) is 0 Å². The average Bonchev–Trinajstić information content (AvgIpc) is 2.30. The lowest BCUT2D eigenvalue weighted by Crippen LogP contribution is -2.47. The number of hydrogen-bond acceptors (Lipinski definition) is 3. The third-order valence-corrected chi connectivity index (χ3v) is 4.04. The molecule has 1 N–H and O–H groups in total. The SMILES string of the molecule is CC(C)(CC1CCOCC1)CN1CCNCC1. The van der Waals surface area contributed by atoms with Gasteiger partial charge in [-0.15, -0.1) is 0 Å². The van der Waals surface area contributed by atoms with Crippen molar-refractivity contribution < 1.29 is 4.74 Å². The molecule has 0 bridgehead atoms. The van der Waals surface area contributed by atoms with Gasteiger partial charge in [0.2, 0.25) is 0 Å². The summed E-state index contributed by atoms with van der Waals surface area (Å²) in [7, 11) is 0. The van der Waals surface area contributed by atoms with Crippen molar-refractivity contribution in [2.45, 2.75) is 33.1 Å². The first-order valence-corrected chi connectivity index (χ1v) is 7.16. The van der Waals surface area contributed by atoms with Gasteiger partial charge in [-0.05, 0) is 30.6 Å². The second-order valence-electron chi connectivity index (χ2n) is 6.45. The maximum atomic E-state index is 5.45. The number of hydrogen-bond donors (Lipinski definition) is 1. The molecule has 100 valence electrons. The third kappa shape index (κ3) is 4.57. The molecule has 0 aromatic rings. The normalized spacial score (nSPS) is 25.1. The van der Waals surface area contributed by atoms with Crippen LogP contribution in [0.4, 0.5) is 0 Å². The Labute approximate surface area is 106 Å². The van der Waals surface area contributed by atoms with E-state index in [2.05, 4.69) is 24.1 Å². The fraction of sp³-hybridized carbons (Fsp3) is 1.00. The number of piperazine rings is 1. The summed E-state index contributed by atoms with van der Waals surface area (Å²) in [5.41, 5.74) is 0.458. The predicted molar refractivity (Wildman–Crippen MR) is 71.3 cm³/mol. The van der Waals surface area contributed by atoms with Crippen molar-refractivity contribution in [1.29, 1.82) is 0 Å². The molecule has 2 saturated heterocycles. The van der Waals surface area contributed by atoms with Gasteiger partial charge in [0.15, 0.2) is 0 Å². The van der Waals surface area contributed by atoms with E-state index in [0.717, 1.165) is 32.2 Å². The molecule has 2 rings (SSSR count). The van der Waals surface area contributed by atoms with Gasteiger partial charge < -0.3 is 15.0 Å². The summed E-state index contributed by atoms with van der Waals surface area (Å²) >= 11 is 0. The van der Waals surface area contributed by atoms with Crippen LogP contribution in [0.5, 0.6) is 0 Å². The van der Waals surface area contributed by atoms with Gasteiger partial charge in [0, 0.05) is 45.9 Å². The topological polar surface area (TPSA) is 24.5 Å². The molecule has 0 aromatic heterocycles. The summed E-state index contributed by atoms with van der Waals surface area (Å²) in [6.07, 6.45) is 3.90. The molecule has 2 fully saturated rings. The fourth-order valence-corrected chi connectivity index (χ4v) is 3.27. The van der Waals surface area contributed by atoms with Gasteiger partial charge in [0.25, 0.3) is 0 Å². The molecular formula is C14H28N2O. The van der Waals surface area contributed by atoms with Gasteiger partial charge in [-0.2, -0.15) is 0 Å². The number of ether oxygens (including phenoxy) is 1. The standard InChI is InChI=1S/C14H28N2O/c1-14(2,11-13-3-9-17-10-4-13)12-16-7-5-15-6-8-16/h13,15H,3-12H2,1-2H3. The van der Waals surface area contributed by atoms with E-state index in [9.17, 15) is 0 Å². The smallest absolute Gasteiger partial charge is 0.0468 e. The molecule has 0 aliphatic carbocycles. The largest absolute Gasteiger partial charge is 0.381 e. The molecule has 0 aromatic carbocycles. The summed E-state index contributed by atoms with van der Waals surface area (Å²) in [5, 5.41) is 3.42. The van der Waals surface area contributed by atoms with Crippen LogP contribution in [0.15, 0.2) is 0 Å². The highest BCUT2D eigenvalue weighted by Gasteiger charge is 2.27. The quantitative estimate of drug-likeness (QED) is 0.810. The van der Waals surface area contributed by atoms with E-state index in [1.54, 1.807) is 0 Å². The molecule has 0 unspecified atom stereocenters. The van der Waals surface area contributed by atoms with Crippen molar-refractivity contribution in [3.05, 3.63) is 0 Å². The van der Waals surface area contributed by atoms with E-state index >= 15 is 0 Å². The molecule has 0 amide bonds. The summed E-state index contributed by atoms with van der Waals surface area (Å²) in [6, 6.07) is 0. The molecule has 17 heavy (non-hydrogen) atoms. The molecule has 3 nitrogen and oxygen atoms in total. The van der Waals surface area contributed by atoms with Gasteiger partial charge in [0.05, 0.1) is 0 Å². The molecule has 2 aliphatic rings. The first-order chi connectivity index (χ1) is 8.16. The van der Waals surface area contributed by atoms with E-state index in [1.165, 1.54) is 38.9 Å². The summed E-state index contributed by atoms with van der Waals surface area (Å²) in [5.74, 6) is 0.890. The average molecular weight is 240 g/mol. The monoisotopic (exact) mass is 240 g/mol. The Hall–Kier alpha value is -0.120. The highest BCUT2D eigenvalue weighted by molar-refractivity contribution is 4.80. The molecule has 0 radical (unpaired) electrons. The van der Waals surface area contributed by atoms with Crippen LogP contribution in [-0.2, 0) is 4.74 Å². The number of rotatable bonds is 4. The highest BCUT2D eigenvalue weighted by atomic mass is 16.5. The minimum absolute atomic E-state index is 0.458. The van der Waals surface area contributed by atoms with Crippen LogP contribution in [0.25, 0.3) is 0 Å². The van der Waals surface area contributed by atoms with E-state index < -0.39 is 0 Å². The van der Waals surface area contributed by atoms with E-state index in [4.69, 9.17) is 4.74 Å². The van der Waals surface area contributed by atoms with Crippen molar-refractivity contribution in [2.75, 3.05) is 45.9 Å². The predicted octanol–water partition coefficient (Wildman–Crippen LogP) is 1.73. The zero-order valence-corrected chi connectivity index (χ0v) is 11.5. The van der Waals surface area contributed by atoms with Crippen LogP contribution < -0.4 is 5.32 Å². The van der Waals surface area contributed by atoms with Crippen molar-refractivity contribution in [3.8, 4) is 0 Å². The van der Waals surface area contributed by atoms with Gasteiger partial charge >= 0.3 is 0 Å². The Morgan fingerprint density at radius 3 is 2.47 bits per heavy atom. The first kappa shape index (κ1) is 13.3. The lowest BCUT2D eigenvalue weighted by atomic mass is 9.79. The summed E-state index contributed by atoms with van der Waals surface area (Å²) in [6.45, 7) is 12.8. The van der Waals surface area contributed by atoms with Crippen molar-refractivity contribution in [2.24, 2.45) is 11.3 Å². The lowest BCUT2D eigenvalue weighted by molar-refractivity contribution is 0.0438. The molecule has 0 saturated carbocycles. The minimum Gasteiger partial charge on any atom is -0.381 e. The van der Waals surface area contributed by atoms with E-state index in [0.29, 0.717) is 5.41 Å². The minimum atomic E-state index is 0.458. The Kier molecular flexibility index (Phi) is 4.83. The van der Waals surface area contributed by atoms with E-state index in [-0.39, 0.29) is 0 Å². The Morgan fingerprint density at radius 1 is 1.18 bits per heavy atom. The molecule has 0 atom stereocenters. The first-order valence-electron chi connectivity index (χ1n) is 7.16. The second kappa shape index (κ2) is 6.17. The molecule has 3 heteroatoms. The second-order valence-corrected chi connectivity index (χ2v) is 6.45.